The number of aryl methyl sites for hydroxylation is 1. The highest BCUT2D eigenvalue weighted by molar-refractivity contribution is 5.25. The third kappa shape index (κ3) is 7.36. The van der Waals surface area contributed by atoms with Gasteiger partial charge in [-0.05, 0) is 98.0 Å². The molecule has 0 aliphatic heterocycles. The van der Waals surface area contributed by atoms with Gasteiger partial charge in [0.25, 0.3) is 0 Å². The topological polar surface area (TPSA) is 0 Å². The van der Waals surface area contributed by atoms with E-state index in [1.54, 1.807) is 5.56 Å². The van der Waals surface area contributed by atoms with Crippen LogP contribution in [-0.2, 0) is 6.42 Å². The van der Waals surface area contributed by atoms with E-state index >= 15 is 0 Å². The Hall–Kier alpha value is -0.780. The molecule has 0 saturated heterocycles. The summed E-state index contributed by atoms with van der Waals surface area (Å²) in [6.07, 6.45) is 21.7. The maximum atomic E-state index is 2.62. The molecule has 2 fully saturated rings. The summed E-state index contributed by atoms with van der Waals surface area (Å²) in [5.74, 6) is 5.68. The van der Waals surface area contributed by atoms with Crippen molar-refractivity contribution in [1.82, 2.24) is 0 Å². The Kier molecular flexibility index (Phi) is 10.5. The lowest BCUT2D eigenvalue weighted by Gasteiger charge is -2.40. The van der Waals surface area contributed by atoms with Crippen LogP contribution in [0.25, 0.3) is 0 Å². The van der Waals surface area contributed by atoms with Gasteiger partial charge in [-0.15, -0.1) is 0 Å². The maximum absolute atomic E-state index is 2.62. The molecule has 1 aromatic carbocycles. The van der Waals surface area contributed by atoms with Crippen molar-refractivity contribution in [3.8, 4) is 0 Å². The molecule has 0 heteroatoms. The van der Waals surface area contributed by atoms with E-state index in [1.165, 1.54) is 102 Å². The highest BCUT2D eigenvalue weighted by Gasteiger charge is 2.33. The second kappa shape index (κ2) is 13.1. The number of unbranched alkanes of at least 4 members (excludes halogenated alkanes) is 3. The second-order valence-electron chi connectivity index (χ2n) is 11.4. The third-order valence-corrected chi connectivity index (χ3v) is 9.44. The zero-order valence-corrected chi connectivity index (χ0v) is 21.4. The number of benzene rings is 1. The first-order chi connectivity index (χ1) is 15.1. The van der Waals surface area contributed by atoms with Gasteiger partial charge in [-0.2, -0.15) is 0 Å². The first kappa shape index (κ1) is 24.9. The minimum absolute atomic E-state index is 0.732. The van der Waals surface area contributed by atoms with E-state index in [9.17, 15) is 0 Å². The van der Waals surface area contributed by atoms with Gasteiger partial charge in [0.15, 0.2) is 0 Å². The highest BCUT2D eigenvalue weighted by atomic mass is 14.4. The van der Waals surface area contributed by atoms with E-state index in [0.29, 0.717) is 0 Å². The van der Waals surface area contributed by atoms with Crippen molar-refractivity contribution in [1.29, 1.82) is 0 Å². The number of rotatable bonds is 11. The lowest BCUT2D eigenvalue weighted by Crippen LogP contribution is -2.29. The Morgan fingerprint density at radius 3 is 1.81 bits per heavy atom. The highest BCUT2D eigenvalue weighted by Crippen LogP contribution is 2.45. The number of hydrogen-bond acceptors (Lipinski definition) is 0. The van der Waals surface area contributed by atoms with Crippen LogP contribution in [-0.4, -0.2) is 0 Å². The van der Waals surface area contributed by atoms with Crippen LogP contribution < -0.4 is 0 Å². The van der Waals surface area contributed by atoms with Gasteiger partial charge in [0.1, 0.15) is 0 Å². The van der Waals surface area contributed by atoms with E-state index in [0.717, 1.165) is 35.5 Å². The van der Waals surface area contributed by atoms with Gasteiger partial charge in [-0.1, -0.05) is 96.9 Å². The first-order valence-corrected chi connectivity index (χ1v) is 14.2. The molecule has 0 nitrogen and oxygen atoms in total. The molecular weight excluding hydrogens is 372 g/mol. The Bertz CT molecular complexity index is 583. The second-order valence-corrected chi connectivity index (χ2v) is 11.4. The largest absolute Gasteiger partial charge is 0.0654 e. The predicted octanol–water partition coefficient (Wildman–Crippen LogP) is 9.96. The normalized spacial score (nSPS) is 28.9. The minimum Gasteiger partial charge on any atom is -0.0654 e. The van der Waals surface area contributed by atoms with Gasteiger partial charge < -0.3 is 0 Å². The van der Waals surface area contributed by atoms with Gasteiger partial charge in [-0.25, -0.2) is 0 Å². The molecular formula is C31H52. The summed E-state index contributed by atoms with van der Waals surface area (Å²) < 4.78 is 0. The van der Waals surface area contributed by atoms with Gasteiger partial charge in [0, 0.05) is 0 Å². The van der Waals surface area contributed by atoms with Gasteiger partial charge in [0.2, 0.25) is 0 Å². The Morgan fingerprint density at radius 1 is 0.677 bits per heavy atom. The summed E-state index contributed by atoms with van der Waals surface area (Å²) >= 11 is 0. The third-order valence-electron chi connectivity index (χ3n) is 9.44. The molecule has 176 valence electrons. The van der Waals surface area contributed by atoms with Crippen molar-refractivity contribution in [3.63, 3.8) is 0 Å². The molecule has 1 aromatic rings. The lowest BCUT2D eigenvalue weighted by atomic mass is 9.65. The molecule has 0 amide bonds. The molecule has 2 unspecified atom stereocenters. The molecule has 2 aliphatic carbocycles. The Labute approximate surface area is 195 Å². The van der Waals surface area contributed by atoms with E-state index in [4.69, 9.17) is 0 Å². The fraction of sp³-hybridized carbons (Fsp3) is 0.806. The standard InChI is InChI=1S/C31H52/c1-5-7-9-11-27-14-18-29(19-15-27)25(4)31-22-20-30(21-23-31)24(3)28-16-12-26(13-17-28)10-8-6-2/h12-13,16-17,24-25,27,29-31H,5-11,14-15,18-23H2,1-4H3. The van der Waals surface area contributed by atoms with E-state index in [2.05, 4.69) is 52.0 Å². The smallest absolute Gasteiger partial charge is 0.0162 e. The Morgan fingerprint density at radius 2 is 1.23 bits per heavy atom. The van der Waals surface area contributed by atoms with Crippen molar-refractivity contribution in [2.45, 2.75) is 130 Å². The van der Waals surface area contributed by atoms with Gasteiger partial charge in [-0.3, -0.25) is 0 Å². The van der Waals surface area contributed by atoms with Crippen LogP contribution in [0.15, 0.2) is 24.3 Å². The fourth-order valence-corrected chi connectivity index (χ4v) is 6.88. The van der Waals surface area contributed by atoms with Gasteiger partial charge >= 0.3 is 0 Å². The molecule has 0 heterocycles. The van der Waals surface area contributed by atoms with Crippen LogP contribution in [0.1, 0.15) is 135 Å². The molecule has 0 bridgehead atoms. The molecule has 2 saturated carbocycles. The van der Waals surface area contributed by atoms with Crippen molar-refractivity contribution < 1.29 is 0 Å². The van der Waals surface area contributed by atoms with Crippen LogP contribution in [0.5, 0.6) is 0 Å². The molecule has 0 N–H and O–H groups in total. The lowest BCUT2D eigenvalue weighted by molar-refractivity contribution is 0.118. The average Bonchev–Trinajstić information content (AvgIpc) is 2.83. The van der Waals surface area contributed by atoms with E-state index in [-0.39, 0.29) is 0 Å². The first-order valence-electron chi connectivity index (χ1n) is 14.2. The predicted molar refractivity (Wildman–Crippen MR) is 138 cm³/mol. The SMILES string of the molecule is CCCCCC1CCC(C(C)C2CCC(C(C)c3ccc(CCCC)cc3)CC2)CC1. The Balaban J connectivity index is 1.40. The zero-order chi connectivity index (χ0) is 22.1. The van der Waals surface area contributed by atoms with Crippen molar-refractivity contribution >= 4 is 0 Å². The van der Waals surface area contributed by atoms with Crippen LogP contribution in [0, 0.1) is 29.6 Å². The minimum atomic E-state index is 0.732. The molecule has 2 atom stereocenters. The molecule has 0 radical (unpaired) electrons. The summed E-state index contributed by atoms with van der Waals surface area (Å²) in [7, 11) is 0. The molecule has 3 rings (SSSR count). The zero-order valence-electron chi connectivity index (χ0n) is 21.4. The molecule has 0 aromatic heterocycles. The van der Waals surface area contributed by atoms with Crippen LogP contribution >= 0.6 is 0 Å². The monoisotopic (exact) mass is 424 g/mol. The molecule has 2 aliphatic rings. The molecule has 0 spiro atoms. The quantitative estimate of drug-likeness (QED) is 0.310. The van der Waals surface area contributed by atoms with Crippen molar-refractivity contribution in [2.75, 3.05) is 0 Å². The summed E-state index contributed by atoms with van der Waals surface area (Å²) in [5, 5.41) is 0. The van der Waals surface area contributed by atoms with Crippen molar-refractivity contribution in [3.05, 3.63) is 35.4 Å². The van der Waals surface area contributed by atoms with Gasteiger partial charge in [0.05, 0.1) is 0 Å². The van der Waals surface area contributed by atoms with Crippen LogP contribution in [0.3, 0.4) is 0 Å². The molecule has 31 heavy (non-hydrogen) atoms. The van der Waals surface area contributed by atoms with Crippen LogP contribution in [0.2, 0.25) is 0 Å². The summed E-state index contributed by atoms with van der Waals surface area (Å²) in [6.45, 7) is 9.73. The summed E-state index contributed by atoms with van der Waals surface area (Å²) in [5.41, 5.74) is 3.11. The van der Waals surface area contributed by atoms with Crippen molar-refractivity contribution in [2.24, 2.45) is 29.6 Å². The number of hydrogen-bond donors (Lipinski definition) is 0. The van der Waals surface area contributed by atoms with E-state index < -0.39 is 0 Å². The fourth-order valence-electron chi connectivity index (χ4n) is 6.88. The van der Waals surface area contributed by atoms with E-state index in [1.807, 2.05) is 0 Å². The summed E-state index contributed by atoms with van der Waals surface area (Å²) in [4.78, 5) is 0. The van der Waals surface area contributed by atoms with Crippen LogP contribution in [0.4, 0.5) is 0 Å². The summed E-state index contributed by atoms with van der Waals surface area (Å²) in [6, 6.07) is 9.66. The average molecular weight is 425 g/mol. The maximum Gasteiger partial charge on any atom is -0.0162 e.